The van der Waals surface area contributed by atoms with Crippen LogP contribution in [0.2, 0.25) is 0 Å². The number of amides is 1. The highest BCUT2D eigenvalue weighted by Gasteiger charge is 2.24. The third-order valence-corrected chi connectivity index (χ3v) is 4.04. The summed E-state index contributed by atoms with van der Waals surface area (Å²) in [6.45, 7) is 2.04. The first-order chi connectivity index (χ1) is 9.79. The van der Waals surface area contributed by atoms with Gasteiger partial charge in [0.25, 0.3) is 5.91 Å². The fraction of sp³-hybridized carbons (Fsp3) is 0.467. The molecule has 1 saturated carbocycles. The molecule has 1 atom stereocenters. The Kier molecular flexibility index (Phi) is 3.58. The van der Waals surface area contributed by atoms with Crippen molar-refractivity contribution in [1.82, 2.24) is 19.9 Å². The Morgan fingerprint density at radius 2 is 2.45 bits per heavy atom. The van der Waals surface area contributed by atoms with Gasteiger partial charge in [-0.15, -0.1) is 0 Å². The molecule has 1 amide bonds. The number of rotatable bonds is 5. The summed E-state index contributed by atoms with van der Waals surface area (Å²) in [4.78, 5) is 19.8. The van der Waals surface area contributed by atoms with E-state index < -0.39 is 0 Å². The van der Waals surface area contributed by atoms with Crippen molar-refractivity contribution in [1.29, 1.82) is 0 Å². The van der Waals surface area contributed by atoms with Gasteiger partial charge in [0.2, 0.25) is 0 Å². The van der Waals surface area contributed by atoms with Crippen LogP contribution in [0, 0.1) is 0 Å². The first-order valence-electron chi connectivity index (χ1n) is 7.26. The quantitative estimate of drug-likeness (QED) is 0.879. The Hall–Kier alpha value is -2.04. The Morgan fingerprint density at radius 3 is 3.05 bits per heavy atom. The second-order valence-corrected chi connectivity index (χ2v) is 5.29. The zero-order valence-corrected chi connectivity index (χ0v) is 11.7. The lowest BCUT2D eigenvalue weighted by atomic mass is 9.93. The molecule has 3 rings (SSSR count). The van der Waals surface area contributed by atoms with Crippen LogP contribution >= 0.6 is 0 Å². The second kappa shape index (κ2) is 5.53. The van der Waals surface area contributed by atoms with Gasteiger partial charge in [-0.25, -0.2) is 4.98 Å². The van der Waals surface area contributed by atoms with E-state index in [4.69, 9.17) is 0 Å². The average Bonchev–Trinajstić information content (AvgIpc) is 3.04. The number of hydrogen-bond acceptors (Lipinski definition) is 2. The van der Waals surface area contributed by atoms with Gasteiger partial charge in [0.1, 0.15) is 11.5 Å². The van der Waals surface area contributed by atoms with Crippen LogP contribution in [0.5, 0.6) is 0 Å². The highest BCUT2D eigenvalue weighted by Crippen LogP contribution is 2.32. The average molecular weight is 272 g/mol. The number of nitrogens with one attached hydrogen (secondary N) is 2. The normalized spacial score (nSPS) is 16.6. The zero-order valence-electron chi connectivity index (χ0n) is 11.7. The number of nitrogens with zero attached hydrogens (tertiary/aromatic N) is 2. The van der Waals surface area contributed by atoms with Crippen molar-refractivity contribution in [3.8, 4) is 0 Å². The van der Waals surface area contributed by atoms with E-state index in [-0.39, 0.29) is 11.9 Å². The Labute approximate surface area is 118 Å². The van der Waals surface area contributed by atoms with Crippen molar-refractivity contribution in [2.75, 3.05) is 0 Å². The van der Waals surface area contributed by atoms with E-state index >= 15 is 0 Å². The summed E-state index contributed by atoms with van der Waals surface area (Å²) in [7, 11) is 0. The largest absolute Gasteiger partial charge is 0.347 e. The van der Waals surface area contributed by atoms with Crippen LogP contribution in [0.15, 0.2) is 30.7 Å². The minimum atomic E-state index is -0.0674. The maximum absolute atomic E-state index is 12.5. The summed E-state index contributed by atoms with van der Waals surface area (Å²) >= 11 is 0. The van der Waals surface area contributed by atoms with Crippen LogP contribution in [0.3, 0.4) is 0 Å². The molecule has 1 unspecified atom stereocenters. The topological polar surface area (TPSA) is 62.7 Å². The molecule has 5 heteroatoms. The minimum Gasteiger partial charge on any atom is -0.347 e. The highest BCUT2D eigenvalue weighted by molar-refractivity contribution is 5.93. The number of aromatic amines is 1. The van der Waals surface area contributed by atoms with Crippen LogP contribution in [0.25, 0.3) is 0 Å². The van der Waals surface area contributed by atoms with Crippen LogP contribution in [0.1, 0.15) is 61.0 Å². The fourth-order valence-corrected chi connectivity index (χ4v) is 2.63. The van der Waals surface area contributed by atoms with Crippen molar-refractivity contribution < 1.29 is 4.79 Å². The first-order valence-corrected chi connectivity index (χ1v) is 7.26. The van der Waals surface area contributed by atoms with Gasteiger partial charge >= 0.3 is 0 Å². The summed E-state index contributed by atoms with van der Waals surface area (Å²) in [5.41, 5.74) is 0.750. The minimum absolute atomic E-state index is 0.0230. The molecule has 2 aromatic heterocycles. The molecular formula is C15H20N4O. The van der Waals surface area contributed by atoms with Gasteiger partial charge in [0, 0.05) is 24.6 Å². The van der Waals surface area contributed by atoms with Gasteiger partial charge in [-0.1, -0.05) is 6.92 Å². The Morgan fingerprint density at radius 1 is 1.60 bits per heavy atom. The van der Waals surface area contributed by atoms with Gasteiger partial charge in [-0.3, -0.25) is 4.79 Å². The molecule has 0 aliphatic heterocycles. The number of H-pyrrole nitrogens is 1. The van der Waals surface area contributed by atoms with E-state index in [1.165, 1.54) is 19.3 Å². The van der Waals surface area contributed by atoms with Crippen molar-refractivity contribution in [3.05, 3.63) is 42.2 Å². The van der Waals surface area contributed by atoms with Crippen molar-refractivity contribution in [2.45, 2.75) is 44.7 Å². The molecule has 2 heterocycles. The molecule has 0 bridgehead atoms. The predicted molar refractivity (Wildman–Crippen MR) is 76.4 cm³/mol. The fourth-order valence-electron chi connectivity index (χ4n) is 2.63. The van der Waals surface area contributed by atoms with Crippen LogP contribution in [-0.4, -0.2) is 20.4 Å². The molecule has 5 nitrogen and oxygen atoms in total. The molecule has 2 N–H and O–H groups in total. The maximum atomic E-state index is 12.5. The van der Waals surface area contributed by atoms with E-state index in [0.29, 0.717) is 6.04 Å². The molecule has 106 valence electrons. The van der Waals surface area contributed by atoms with E-state index in [0.717, 1.165) is 17.9 Å². The molecule has 20 heavy (non-hydrogen) atoms. The Balaban J connectivity index is 1.74. The highest BCUT2D eigenvalue weighted by atomic mass is 16.2. The van der Waals surface area contributed by atoms with E-state index in [1.807, 2.05) is 25.3 Å². The van der Waals surface area contributed by atoms with Crippen molar-refractivity contribution in [2.24, 2.45) is 0 Å². The van der Waals surface area contributed by atoms with E-state index in [1.54, 1.807) is 12.4 Å². The second-order valence-electron chi connectivity index (χ2n) is 5.29. The molecule has 2 aromatic rings. The lowest BCUT2D eigenvalue weighted by Gasteiger charge is -2.29. The summed E-state index contributed by atoms with van der Waals surface area (Å²) in [5, 5.41) is 3.06. The lowest BCUT2D eigenvalue weighted by molar-refractivity contribution is 0.0918. The summed E-state index contributed by atoms with van der Waals surface area (Å²) in [6, 6.07) is 4.26. The summed E-state index contributed by atoms with van der Waals surface area (Å²) < 4.78 is 2.10. The van der Waals surface area contributed by atoms with Crippen LogP contribution < -0.4 is 5.32 Å². The van der Waals surface area contributed by atoms with Gasteiger partial charge < -0.3 is 14.9 Å². The predicted octanol–water partition coefficient (Wildman–Crippen LogP) is 2.82. The first kappa shape index (κ1) is 13.0. The van der Waals surface area contributed by atoms with Gasteiger partial charge in [0.05, 0.1) is 6.04 Å². The third-order valence-electron chi connectivity index (χ3n) is 4.04. The van der Waals surface area contributed by atoms with Gasteiger partial charge in [0.15, 0.2) is 0 Å². The van der Waals surface area contributed by atoms with Gasteiger partial charge in [-0.2, -0.15) is 0 Å². The van der Waals surface area contributed by atoms with Crippen LogP contribution in [-0.2, 0) is 0 Å². The SMILES string of the molecule is CCC(NC(=O)c1cccn1C1CCC1)c1ncc[nH]1. The number of imidazole rings is 1. The molecule has 1 aliphatic carbocycles. The summed E-state index contributed by atoms with van der Waals surface area (Å²) in [6.07, 6.45) is 9.90. The Bertz CT molecular complexity index is 568. The number of carbonyl (C=O) groups is 1. The van der Waals surface area contributed by atoms with Crippen molar-refractivity contribution in [3.63, 3.8) is 0 Å². The molecule has 0 aromatic carbocycles. The molecule has 0 spiro atoms. The molecular weight excluding hydrogens is 252 g/mol. The van der Waals surface area contributed by atoms with E-state index in [2.05, 4.69) is 19.9 Å². The smallest absolute Gasteiger partial charge is 0.268 e. The lowest BCUT2D eigenvalue weighted by Crippen LogP contribution is -2.32. The monoisotopic (exact) mass is 272 g/mol. The zero-order chi connectivity index (χ0) is 13.9. The van der Waals surface area contributed by atoms with Crippen LogP contribution in [0.4, 0.5) is 0 Å². The number of carbonyl (C=O) groups excluding carboxylic acids is 1. The van der Waals surface area contributed by atoms with Gasteiger partial charge in [-0.05, 0) is 37.8 Å². The van der Waals surface area contributed by atoms with E-state index in [9.17, 15) is 4.79 Å². The number of aromatic nitrogens is 3. The molecule has 0 radical (unpaired) electrons. The van der Waals surface area contributed by atoms with Crippen molar-refractivity contribution >= 4 is 5.91 Å². The maximum Gasteiger partial charge on any atom is 0.268 e. The number of hydrogen-bond donors (Lipinski definition) is 2. The standard InChI is InChI=1S/C15H20N4O/c1-2-12(14-16-8-9-17-14)18-15(20)13-7-4-10-19(13)11-5-3-6-11/h4,7-12H,2-3,5-6H2,1H3,(H,16,17)(H,18,20). The third kappa shape index (κ3) is 2.35. The molecule has 1 aliphatic rings. The molecule has 0 saturated heterocycles. The molecule has 1 fully saturated rings. The summed E-state index contributed by atoms with van der Waals surface area (Å²) in [5.74, 6) is 0.785.